The summed E-state index contributed by atoms with van der Waals surface area (Å²) in [5.74, 6) is -3.32. The number of carbonyl (C=O) groups is 4. The summed E-state index contributed by atoms with van der Waals surface area (Å²) in [6.45, 7) is 2.28. The van der Waals surface area contributed by atoms with Gasteiger partial charge in [0.05, 0.1) is 34.6 Å². The van der Waals surface area contributed by atoms with Crippen LogP contribution >= 0.6 is 0 Å². The zero-order valence-electron chi connectivity index (χ0n) is 31.0. The first-order valence-electron chi connectivity index (χ1n) is 19.1. The molecule has 7 heterocycles. The number of pyridine rings is 1. The molecule has 1 unspecified atom stereocenters. The number of benzene rings is 2. The Bertz CT molecular complexity index is 2470. The van der Waals surface area contributed by atoms with Gasteiger partial charge in [-0.25, -0.2) is 27.7 Å². The Morgan fingerprint density at radius 3 is 2.46 bits per heavy atom. The molecule has 0 saturated carbocycles. The number of rotatable bonds is 8. The van der Waals surface area contributed by atoms with Crippen LogP contribution in [0.15, 0.2) is 67.0 Å². The monoisotopic (exact) mass is 777 g/mol. The van der Waals surface area contributed by atoms with Crippen molar-refractivity contribution in [1.82, 2.24) is 34.7 Å². The van der Waals surface area contributed by atoms with Gasteiger partial charge >= 0.3 is 0 Å². The average Bonchev–Trinajstić information content (AvgIpc) is 3.92. The topological polar surface area (TPSA) is 136 Å². The number of hydrogen-bond acceptors (Lipinski definition) is 10. The summed E-state index contributed by atoms with van der Waals surface area (Å²) in [7, 11) is 1.90. The largest absolute Gasteiger partial charge is 0.356 e. The van der Waals surface area contributed by atoms with E-state index in [0.29, 0.717) is 42.4 Å². The second-order valence-electron chi connectivity index (χ2n) is 15.1. The van der Waals surface area contributed by atoms with Gasteiger partial charge in [-0.15, -0.1) is 0 Å². The fraction of sp³-hybridized carbons (Fsp3) is 0.341. The summed E-state index contributed by atoms with van der Waals surface area (Å²) in [6.07, 6.45) is 6.63. The molecule has 4 amide bonds. The number of nitrogens with zero attached hydrogens (tertiary/aromatic N) is 8. The van der Waals surface area contributed by atoms with E-state index >= 15 is 4.39 Å². The Hall–Kier alpha value is -6.16. The number of amides is 4. The highest BCUT2D eigenvalue weighted by molar-refractivity contribution is 6.23. The highest BCUT2D eigenvalue weighted by atomic mass is 19.1. The predicted molar refractivity (Wildman–Crippen MR) is 202 cm³/mol. The van der Waals surface area contributed by atoms with Crippen LogP contribution in [0.3, 0.4) is 0 Å². The molecule has 13 nitrogen and oxygen atoms in total. The van der Waals surface area contributed by atoms with E-state index in [-0.39, 0.29) is 48.2 Å². The van der Waals surface area contributed by atoms with Crippen molar-refractivity contribution in [2.24, 2.45) is 0 Å². The highest BCUT2D eigenvalue weighted by Crippen LogP contribution is 2.38. The Balaban J connectivity index is 0.870. The Labute approximate surface area is 325 Å². The van der Waals surface area contributed by atoms with Gasteiger partial charge in [0.1, 0.15) is 35.1 Å². The zero-order chi connectivity index (χ0) is 39.5. The second kappa shape index (κ2) is 14.4. The van der Waals surface area contributed by atoms with E-state index < -0.39 is 47.1 Å². The van der Waals surface area contributed by atoms with Crippen LogP contribution in [-0.4, -0.2) is 91.8 Å². The molecular formula is C41H38F3N9O4. The molecule has 16 heteroatoms. The van der Waals surface area contributed by atoms with Gasteiger partial charge in [-0.3, -0.25) is 34.3 Å². The van der Waals surface area contributed by atoms with E-state index in [0.717, 1.165) is 48.0 Å². The number of halogens is 3. The van der Waals surface area contributed by atoms with Crippen LogP contribution in [0.1, 0.15) is 76.4 Å². The molecule has 3 aromatic heterocycles. The standard InChI is InChI=1S/C41H38F3N9O4/c1-49(22-23-7-9-27-36(37(23)44)41(57)53(40(27)56)32-11-12-35(54)48-39(32)55)25-13-17-50(18-14-25)33-6-2-4-30(46-33)28-21-45-52-19-15-34(47-38(28)52)51-16-3-5-31(51)26-10-8-24(42)20-29(26)43/h2,4,6-10,15,19-21,25,31-32H,3,5,11-14,16-18,22H2,1H3,(H,48,54,55)/t31-,32?/m1/s1. The summed E-state index contributed by atoms with van der Waals surface area (Å²) >= 11 is 0. The fourth-order valence-corrected chi connectivity index (χ4v) is 8.70. The molecule has 0 radical (unpaired) electrons. The van der Waals surface area contributed by atoms with Crippen molar-refractivity contribution in [2.45, 2.75) is 63.2 Å². The van der Waals surface area contributed by atoms with Gasteiger partial charge in [0.15, 0.2) is 5.65 Å². The number of carbonyl (C=O) groups excluding carboxylic acids is 4. The van der Waals surface area contributed by atoms with Crippen LogP contribution < -0.4 is 15.1 Å². The molecular weight excluding hydrogens is 740 g/mol. The van der Waals surface area contributed by atoms with Crippen molar-refractivity contribution in [3.63, 3.8) is 0 Å². The molecule has 0 spiro atoms. The third kappa shape index (κ3) is 6.46. The smallest absolute Gasteiger partial charge is 0.265 e. The van der Waals surface area contributed by atoms with Gasteiger partial charge in [-0.2, -0.15) is 5.10 Å². The van der Waals surface area contributed by atoms with Crippen molar-refractivity contribution in [2.75, 3.05) is 36.5 Å². The van der Waals surface area contributed by atoms with Gasteiger partial charge in [0, 0.05) is 62.0 Å². The van der Waals surface area contributed by atoms with E-state index in [1.54, 1.807) is 10.7 Å². The van der Waals surface area contributed by atoms with Gasteiger partial charge in [0.25, 0.3) is 11.8 Å². The molecule has 0 aliphatic carbocycles. The maximum Gasteiger partial charge on any atom is 0.265 e. The number of anilines is 2. The number of aromatic nitrogens is 4. The lowest BCUT2D eigenvalue weighted by atomic mass is 10.0. The van der Waals surface area contributed by atoms with Gasteiger partial charge in [-0.05, 0) is 69.5 Å². The Morgan fingerprint density at radius 1 is 0.842 bits per heavy atom. The molecule has 5 aromatic rings. The van der Waals surface area contributed by atoms with E-state index in [1.807, 2.05) is 42.4 Å². The first-order valence-corrected chi connectivity index (χ1v) is 19.1. The van der Waals surface area contributed by atoms with Crippen molar-refractivity contribution >= 4 is 40.9 Å². The van der Waals surface area contributed by atoms with Crippen molar-refractivity contribution < 1.29 is 32.3 Å². The van der Waals surface area contributed by atoms with E-state index in [2.05, 4.69) is 20.2 Å². The maximum absolute atomic E-state index is 15.9. The molecule has 57 heavy (non-hydrogen) atoms. The molecule has 2 aromatic carbocycles. The minimum atomic E-state index is -1.17. The first-order chi connectivity index (χ1) is 27.5. The number of nitrogens with one attached hydrogen (secondary N) is 1. The normalized spacial score (nSPS) is 20.3. The van der Waals surface area contributed by atoms with Gasteiger partial charge < -0.3 is 9.80 Å². The summed E-state index contributed by atoms with van der Waals surface area (Å²) in [5.41, 5.74) is 2.34. The Kier molecular flexibility index (Phi) is 9.22. The van der Waals surface area contributed by atoms with E-state index in [1.165, 1.54) is 24.3 Å². The summed E-state index contributed by atoms with van der Waals surface area (Å²) in [5, 5.41) is 6.67. The quantitative estimate of drug-likeness (QED) is 0.213. The van der Waals surface area contributed by atoms with Crippen molar-refractivity contribution in [1.29, 1.82) is 0 Å². The molecule has 9 rings (SSSR count). The number of imide groups is 2. The highest BCUT2D eigenvalue weighted by Gasteiger charge is 2.46. The maximum atomic E-state index is 15.9. The lowest BCUT2D eigenvalue weighted by molar-refractivity contribution is -0.136. The molecule has 4 aliphatic rings. The number of hydrogen-bond donors (Lipinski definition) is 1. The molecule has 4 aliphatic heterocycles. The van der Waals surface area contributed by atoms with Gasteiger partial charge in [0.2, 0.25) is 11.8 Å². The summed E-state index contributed by atoms with van der Waals surface area (Å²) in [6, 6.07) is 13.0. The molecule has 3 saturated heterocycles. The molecule has 2 atom stereocenters. The van der Waals surface area contributed by atoms with Crippen molar-refractivity contribution in [3.05, 3.63) is 107 Å². The second-order valence-corrected chi connectivity index (χ2v) is 15.1. The van der Waals surface area contributed by atoms with E-state index in [4.69, 9.17) is 9.97 Å². The summed E-state index contributed by atoms with van der Waals surface area (Å²) < 4.78 is 46.1. The SMILES string of the molecule is CN(Cc1ccc2c(c1F)C(=O)N(C1CCC(=O)NC1=O)C2=O)C1CCN(c2cccc(-c3cnn4ccc(N5CCC[C@@H]5c5ccc(F)cc5F)nc34)n2)CC1. The van der Waals surface area contributed by atoms with E-state index in [9.17, 15) is 28.0 Å². The van der Waals surface area contributed by atoms with Crippen LogP contribution in [0.5, 0.6) is 0 Å². The Morgan fingerprint density at radius 2 is 1.67 bits per heavy atom. The molecule has 3 fully saturated rings. The lowest BCUT2D eigenvalue weighted by Gasteiger charge is -2.37. The summed E-state index contributed by atoms with van der Waals surface area (Å²) in [4.78, 5) is 67.5. The third-order valence-electron chi connectivity index (χ3n) is 11.7. The molecule has 0 bridgehead atoms. The number of fused-ring (bicyclic) bond motifs is 2. The van der Waals surface area contributed by atoms with Crippen LogP contribution in [0.4, 0.5) is 24.8 Å². The van der Waals surface area contributed by atoms with Crippen molar-refractivity contribution in [3.8, 4) is 11.3 Å². The van der Waals surface area contributed by atoms with Crippen LogP contribution in [0.2, 0.25) is 0 Å². The average molecular weight is 778 g/mol. The zero-order valence-corrected chi connectivity index (χ0v) is 31.0. The minimum Gasteiger partial charge on any atom is -0.356 e. The fourth-order valence-electron chi connectivity index (χ4n) is 8.70. The van der Waals surface area contributed by atoms with Crippen LogP contribution in [0.25, 0.3) is 16.9 Å². The first kappa shape index (κ1) is 36.5. The third-order valence-corrected chi connectivity index (χ3v) is 11.7. The minimum absolute atomic E-state index is 0.00496. The predicted octanol–water partition coefficient (Wildman–Crippen LogP) is 5.05. The lowest BCUT2D eigenvalue weighted by Crippen LogP contribution is -2.54. The van der Waals surface area contributed by atoms with Crippen LogP contribution in [-0.2, 0) is 16.1 Å². The number of piperidine rings is 2. The van der Waals surface area contributed by atoms with Gasteiger partial charge in [-0.1, -0.05) is 18.2 Å². The molecule has 1 N–H and O–H groups in total. The molecule has 292 valence electrons. The van der Waals surface area contributed by atoms with Crippen LogP contribution in [0, 0.1) is 17.5 Å².